The first kappa shape index (κ1) is 16.6. The van der Waals surface area contributed by atoms with Crippen molar-refractivity contribution in [1.29, 1.82) is 5.26 Å². The first-order valence-electron chi connectivity index (χ1n) is 7.73. The molecular formula is C19H21N3O. The van der Waals surface area contributed by atoms with Gasteiger partial charge in [-0.3, -0.25) is 4.79 Å². The summed E-state index contributed by atoms with van der Waals surface area (Å²) in [5, 5.41) is 15.0. The molecule has 2 aromatic rings. The Morgan fingerprint density at radius 2 is 1.96 bits per heavy atom. The van der Waals surface area contributed by atoms with E-state index in [-0.39, 0.29) is 5.91 Å². The minimum Gasteiger partial charge on any atom is -0.384 e. The highest BCUT2D eigenvalue weighted by molar-refractivity contribution is 5.91. The Bertz CT molecular complexity index is 717. The Morgan fingerprint density at radius 3 is 2.70 bits per heavy atom. The third kappa shape index (κ3) is 4.86. The van der Waals surface area contributed by atoms with Crippen LogP contribution >= 0.6 is 0 Å². The van der Waals surface area contributed by atoms with Gasteiger partial charge in [0.25, 0.3) is 0 Å². The van der Waals surface area contributed by atoms with Gasteiger partial charge < -0.3 is 10.6 Å². The van der Waals surface area contributed by atoms with Crippen LogP contribution in [0.15, 0.2) is 48.5 Å². The van der Waals surface area contributed by atoms with Crippen molar-refractivity contribution in [2.24, 2.45) is 0 Å². The molecule has 0 aliphatic heterocycles. The van der Waals surface area contributed by atoms with E-state index >= 15 is 0 Å². The lowest BCUT2D eigenvalue weighted by Crippen LogP contribution is -2.16. The molecule has 0 aliphatic carbocycles. The second kappa shape index (κ2) is 8.00. The molecule has 0 atom stereocenters. The van der Waals surface area contributed by atoms with Crippen molar-refractivity contribution < 1.29 is 4.79 Å². The number of carbonyl (C=O) groups excluding carboxylic acids is 1. The van der Waals surface area contributed by atoms with Crippen LogP contribution in [0.1, 0.15) is 37.3 Å². The van der Waals surface area contributed by atoms with Gasteiger partial charge >= 0.3 is 0 Å². The maximum Gasteiger partial charge on any atom is 0.226 e. The molecule has 0 radical (unpaired) electrons. The van der Waals surface area contributed by atoms with Crippen LogP contribution in [0.4, 0.5) is 11.4 Å². The summed E-state index contributed by atoms with van der Waals surface area (Å²) in [7, 11) is 0. The van der Waals surface area contributed by atoms with E-state index in [2.05, 4.69) is 36.6 Å². The first-order valence-corrected chi connectivity index (χ1v) is 7.73. The molecule has 2 rings (SSSR count). The van der Waals surface area contributed by atoms with E-state index in [4.69, 9.17) is 5.26 Å². The van der Waals surface area contributed by atoms with Crippen LogP contribution in [0.2, 0.25) is 0 Å². The molecule has 0 aromatic heterocycles. The van der Waals surface area contributed by atoms with Crippen molar-refractivity contribution in [3.05, 3.63) is 59.7 Å². The van der Waals surface area contributed by atoms with Gasteiger partial charge in [0.1, 0.15) is 0 Å². The summed E-state index contributed by atoms with van der Waals surface area (Å²) in [6.45, 7) is 4.86. The molecule has 4 nitrogen and oxygen atoms in total. The number of nitrogens with one attached hydrogen (secondary N) is 2. The number of hydrogen-bond acceptors (Lipinski definition) is 3. The third-order valence-corrected chi connectivity index (χ3v) is 3.53. The van der Waals surface area contributed by atoms with Gasteiger partial charge in [-0.15, -0.1) is 0 Å². The Balaban J connectivity index is 1.87. The van der Waals surface area contributed by atoms with Gasteiger partial charge in [0.05, 0.1) is 11.6 Å². The lowest BCUT2D eigenvalue weighted by atomic mass is 10.0. The quantitative estimate of drug-likeness (QED) is 0.843. The van der Waals surface area contributed by atoms with Gasteiger partial charge in [0.15, 0.2) is 0 Å². The third-order valence-electron chi connectivity index (χ3n) is 3.53. The Morgan fingerprint density at radius 1 is 1.17 bits per heavy atom. The molecule has 0 fully saturated rings. The normalized spacial score (nSPS) is 10.2. The number of nitrogens with zero attached hydrogens (tertiary/aromatic N) is 1. The fourth-order valence-corrected chi connectivity index (χ4v) is 2.36. The van der Waals surface area contributed by atoms with Crippen molar-refractivity contribution in [3.8, 4) is 6.07 Å². The standard InChI is InChI=1S/C19H21N3O/c1-14(2)17-8-3-4-9-18(17)21-11-10-19(23)22-16-7-5-6-15(12-16)13-20/h3-9,12,14,21H,10-11H2,1-2H3,(H,22,23). The summed E-state index contributed by atoms with van der Waals surface area (Å²) < 4.78 is 0. The summed E-state index contributed by atoms with van der Waals surface area (Å²) in [6.07, 6.45) is 0.364. The molecule has 0 aliphatic rings. The number of rotatable bonds is 6. The smallest absolute Gasteiger partial charge is 0.226 e. The predicted octanol–water partition coefficient (Wildman–Crippen LogP) is 4.12. The van der Waals surface area contributed by atoms with E-state index in [1.165, 1.54) is 5.56 Å². The van der Waals surface area contributed by atoms with Crippen molar-refractivity contribution in [3.63, 3.8) is 0 Å². The highest BCUT2D eigenvalue weighted by Gasteiger charge is 2.07. The minimum absolute atomic E-state index is 0.0744. The summed E-state index contributed by atoms with van der Waals surface area (Å²) >= 11 is 0. The fraction of sp³-hybridized carbons (Fsp3) is 0.263. The number of amides is 1. The van der Waals surface area contributed by atoms with E-state index in [0.29, 0.717) is 30.1 Å². The summed E-state index contributed by atoms with van der Waals surface area (Å²) in [5.74, 6) is 0.357. The molecule has 118 valence electrons. The predicted molar refractivity (Wildman–Crippen MR) is 93.4 cm³/mol. The molecular weight excluding hydrogens is 286 g/mol. The maximum absolute atomic E-state index is 12.0. The van der Waals surface area contributed by atoms with Crippen LogP contribution in [0.25, 0.3) is 0 Å². The van der Waals surface area contributed by atoms with Crippen molar-refractivity contribution >= 4 is 17.3 Å². The zero-order valence-corrected chi connectivity index (χ0v) is 13.5. The molecule has 2 aromatic carbocycles. The van der Waals surface area contributed by atoms with Crippen LogP contribution < -0.4 is 10.6 Å². The van der Waals surface area contributed by atoms with Gasteiger partial charge in [-0.05, 0) is 35.7 Å². The number of anilines is 2. The zero-order valence-electron chi connectivity index (χ0n) is 13.5. The highest BCUT2D eigenvalue weighted by atomic mass is 16.1. The topological polar surface area (TPSA) is 64.9 Å². The molecule has 0 saturated heterocycles. The van der Waals surface area contributed by atoms with E-state index < -0.39 is 0 Å². The van der Waals surface area contributed by atoms with Crippen molar-refractivity contribution in [2.75, 3.05) is 17.2 Å². The highest BCUT2D eigenvalue weighted by Crippen LogP contribution is 2.23. The SMILES string of the molecule is CC(C)c1ccccc1NCCC(=O)Nc1cccc(C#N)c1. The molecule has 4 heteroatoms. The molecule has 0 saturated carbocycles. The average molecular weight is 307 g/mol. The lowest BCUT2D eigenvalue weighted by Gasteiger charge is -2.14. The van der Waals surface area contributed by atoms with Gasteiger partial charge in [-0.1, -0.05) is 38.1 Å². The number of para-hydroxylation sites is 1. The van der Waals surface area contributed by atoms with Crippen LogP contribution in [0, 0.1) is 11.3 Å². The number of benzene rings is 2. The molecule has 0 spiro atoms. The van der Waals surface area contributed by atoms with E-state index in [0.717, 1.165) is 5.69 Å². The van der Waals surface area contributed by atoms with E-state index in [1.807, 2.05) is 18.2 Å². The molecule has 0 unspecified atom stereocenters. The number of nitriles is 1. The van der Waals surface area contributed by atoms with Crippen LogP contribution in [-0.4, -0.2) is 12.5 Å². The Kier molecular flexibility index (Phi) is 5.76. The molecule has 23 heavy (non-hydrogen) atoms. The monoisotopic (exact) mass is 307 g/mol. The van der Waals surface area contributed by atoms with Crippen molar-refractivity contribution in [1.82, 2.24) is 0 Å². The van der Waals surface area contributed by atoms with Crippen LogP contribution in [-0.2, 0) is 4.79 Å². The second-order valence-electron chi connectivity index (χ2n) is 5.66. The average Bonchev–Trinajstić information content (AvgIpc) is 2.55. The van der Waals surface area contributed by atoms with Crippen LogP contribution in [0.5, 0.6) is 0 Å². The zero-order chi connectivity index (χ0) is 16.7. The minimum atomic E-state index is -0.0744. The maximum atomic E-state index is 12.0. The van der Waals surface area contributed by atoms with E-state index in [1.54, 1.807) is 24.3 Å². The number of carbonyl (C=O) groups is 1. The molecule has 0 bridgehead atoms. The van der Waals surface area contributed by atoms with Gasteiger partial charge in [0, 0.05) is 24.3 Å². The largest absolute Gasteiger partial charge is 0.384 e. The molecule has 2 N–H and O–H groups in total. The van der Waals surface area contributed by atoms with Crippen molar-refractivity contribution in [2.45, 2.75) is 26.2 Å². The molecule has 1 amide bonds. The van der Waals surface area contributed by atoms with Crippen LogP contribution in [0.3, 0.4) is 0 Å². The lowest BCUT2D eigenvalue weighted by molar-refractivity contribution is -0.115. The Hall–Kier alpha value is -2.80. The van der Waals surface area contributed by atoms with Gasteiger partial charge in [-0.25, -0.2) is 0 Å². The first-order chi connectivity index (χ1) is 11.1. The van der Waals surface area contributed by atoms with E-state index in [9.17, 15) is 4.79 Å². The van der Waals surface area contributed by atoms with Gasteiger partial charge in [-0.2, -0.15) is 5.26 Å². The summed E-state index contributed by atoms with van der Waals surface area (Å²) in [5.41, 5.74) is 3.50. The number of hydrogen-bond donors (Lipinski definition) is 2. The summed E-state index contributed by atoms with van der Waals surface area (Å²) in [6, 6.07) is 17.1. The second-order valence-corrected chi connectivity index (χ2v) is 5.66. The fourth-order valence-electron chi connectivity index (χ4n) is 2.36. The van der Waals surface area contributed by atoms with Gasteiger partial charge in [0.2, 0.25) is 5.91 Å². The summed E-state index contributed by atoms with van der Waals surface area (Å²) in [4.78, 5) is 12.0. The Labute approximate surface area is 137 Å². The molecule has 0 heterocycles.